The van der Waals surface area contributed by atoms with E-state index in [1.807, 2.05) is 0 Å². The fraction of sp³-hybridized carbons (Fsp3) is 0.267. The second-order valence-corrected chi connectivity index (χ2v) is 4.54. The highest BCUT2D eigenvalue weighted by molar-refractivity contribution is 5.92. The fourth-order valence-electron chi connectivity index (χ4n) is 1.69. The van der Waals surface area contributed by atoms with E-state index in [9.17, 15) is 14.0 Å². The number of amides is 1. The van der Waals surface area contributed by atoms with Crippen molar-refractivity contribution in [1.82, 2.24) is 10.6 Å². The standard InChI is InChI=1S/C15H15FN2O5/c1-21-14(19)3-2-8-22-18-15(20)12-9-13(23-17-12)10-4-6-11(16)7-5-10/h4-7,9H,2-3,8H2,1H3,(H,18,20). The number of benzene rings is 1. The van der Waals surface area contributed by atoms with Crippen LogP contribution in [-0.4, -0.2) is 30.7 Å². The van der Waals surface area contributed by atoms with Crippen LogP contribution in [0.5, 0.6) is 0 Å². The zero-order valence-electron chi connectivity index (χ0n) is 12.4. The van der Waals surface area contributed by atoms with Crippen molar-refractivity contribution in [3.8, 4) is 11.3 Å². The summed E-state index contributed by atoms with van der Waals surface area (Å²) >= 11 is 0. The second-order valence-electron chi connectivity index (χ2n) is 4.54. The molecular formula is C15H15FN2O5. The molecule has 0 radical (unpaired) electrons. The molecule has 0 aliphatic rings. The number of rotatable bonds is 7. The van der Waals surface area contributed by atoms with E-state index in [4.69, 9.17) is 9.36 Å². The van der Waals surface area contributed by atoms with Crippen LogP contribution in [0.3, 0.4) is 0 Å². The number of hydrogen-bond acceptors (Lipinski definition) is 6. The molecule has 0 bridgehead atoms. The van der Waals surface area contributed by atoms with Crippen molar-refractivity contribution < 1.29 is 28.1 Å². The quantitative estimate of drug-likeness (QED) is 0.477. The highest BCUT2D eigenvalue weighted by atomic mass is 19.1. The van der Waals surface area contributed by atoms with Crippen molar-refractivity contribution in [3.63, 3.8) is 0 Å². The first-order chi connectivity index (χ1) is 11.1. The van der Waals surface area contributed by atoms with Gasteiger partial charge in [0.05, 0.1) is 13.7 Å². The minimum atomic E-state index is -0.583. The molecule has 0 aliphatic heterocycles. The molecule has 1 heterocycles. The number of carbonyl (C=O) groups excluding carboxylic acids is 2. The molecule has 0 spiro atoms. The molecular weight excluding hydrogens is 307 g/mol. The average molecular weight is 322 g/mol. The Balaban J connectivity index is 1.82. The van der Waals surface area contributed by atoms with Gasteiger partial charge in [0.25, 0.3) is 5.91 Å². The summed E-state index contributed by atoms with van der Waals surface area (Å²) in [5, 5.41) is 3.62. The molecule has 0 atom stereocenters. The average Bonchev–Trinajstić information content (AvgIpc) is 3.04. The number of ether oxygens (including phenoxy) is 1. The van der Waals surface area contributed by atoms with Gasteiger partial charge < -0.3 is 9.26 Å². The third-order valence-corrected chi connectivity index (χ3v) is 2.89. The summed E-state index contributed by atoms with van der Waals surface area (Å²) in [6, 6.07) is 7.01. The fourth-order valence-corrected chi connectivity index (χ4v) is 1.69. The van der Waals surface area contributed by atoms with E-state index in [1.165, 1.54) is 37.4 Å². The van der Waals surface area contributed by atoms with Crippen LogP contribution in [0.1, 0.15) is 23.3 Å². The van der Waals surface area contributed by atoms with Crippen molar-refractivity contribution in [1.29, 1.82) is 0 Å². The first-order valence-corrected chi connectivity index (χ1v) is 6.81. The maximum Gasteiger partial charge on any atom is 0.305 e. The molecule has 2 rings (SSSR count). The van der Waals surface area contributed by atoms with Gasteiger partial charge in [-0.3, -0.25) is 14.4 Å². The second kappa shape index (κ2) is 8.04. The third-order valence-electron chi connectivity index (χ3n) is 2.89. The number of esters is 1. The Morgan fingerprint density at radius 1 is 1.30 bits per heavy atom. The van der Waals surface area contributed by atoms with Gasteiger partial charge >= 0.3 is 5.97 Å². The van der Waals surface area contributed by atoms with Crippen LogP contribution < -0.4 is 5.48 Å². The van der Waals surface area contributed by atoms with Crippen molar-refractivity contribution in [3.05, 3.63) is 41.8 Å². The molecule has 8 heteroatoms. The number of hydrogen-bond donors (Lipinski definition) is 1. The number of nitrogens with one attached hydrogen (secondary N) is 1. The number of halogens is 1. The Labute approximate surface area is 131 Å². The SMILES string of the molecule is COC(=O)CCCONC(=O)c1cc(-c2ccc(F)cc2)on1. The smallest absolute Gasteiger partial charge is 0.305 e. The zero-order chi connectivity index (χ0) is 16.7. The molecule has 0 unspecified atom stereocenters. The lowest BCUT2D eigenvalue weighted by Crippen LogP contribution is -2.24. The van der Waals surface area contributed by atoms with Crippen LogP contribution in [0.2, 0.25) is 0 Å². The summed E-state index contributed by atoms with van der Waals surface area (Å²) in [5.74, 6) is -0.965. The van der Waals surface area contributed by atoms with Crippen LogP contribution in [0.15, 0.2) is 34.9 Å². The highest BCUT2D eigenvalue weighted by Gasteiger charge is 2.14. The Morgan fingerprint density at radius 3 is 2.74 bits per heavy atom. The van der Waals surface area contributed by atoms with E-state index in [2.05, 4.69) is 15.4 Å². The summed E-state index contributed by atoms with van der Waals surface area (Å²) in [6.45, 7) is 0.156. The first-order valence-electron chi connectivity index (χ1n) is 6.81. The van der Waals surface area contributed by atoms with Crippen LogP contribution in [0.4, 0.5) is 4.39 Å². The summed E-state index contributed by atoms with van der Waals surface area (Å²) in [5.41, 5.74) is 2.81. The van der Waals surface area contributed by atoms with Gasteiger partial charge in [-0.2, -0.15) is 0 Å². The van der Waals surface area contributed by atoms with Gasteiger partial charge in [0.2, 0.25) is 0 Å². The molecule has 1 amide bonds. The summed E-state index contributed by atoms with van der Waals surface area (Å²) < 4.78 is 22.4. The van der Waals surface area contributed by atoms with Gasteiger partial charge in [-0.1, -0.05) is 5.16 Å². The molecule has 1 N–H and O–H groups in total. The van der Waals surface area contributed by atoms with E-state index in [1.54, 1.807) is 0 Å². The third kappa shape index (κ3) is 4.89. The van der Waals surface area contributed by atoms with E-state index in [0.29, 0.717) is 17.7 Å². The van der Waals surface area contributed by atoms with Crippen molar-refractivity contribution in [2.24, 2.45) is 0 Å². The molecule has 0 saturated heterocycles. The number of aromatic nitrogens is 1. The lowest BCUT2D eigenvalue weighted by molar-refractivity contribution is -0.141. The topological polar surface area (TPSA) is 90.7 Å². The van der Waals surface area contributed by atoms with E-state index in [0.717, 1.165) is 0 Å². The largest absolute Gasteiger partial charge is 0.469 e. The van der Waals surface area contributed by atoms with Crippen LogP contribution in [0, 0.1) is 5.82 Å². The monoisotopic (exact) mass is 322 g/mol. The van der Waals surface area contributed by atoms with Gasteiger partial charge in [-0.25, -0.2) is 9.87 Å². The van der Waals surface area contributed by atoms with E-state index < -0.39 is 5.91 Å². The van der Waals surface area contributed by atoms with E-state index in [-0.39, 0.29) is 30.5 Å². The number of nitrogens with zero attached hydrogens (tertiary/aromatic N) is 1. The minimum absolute atomic E-state index is 0.0253. The van der Waals surface area contributed by atoms with Crippen LogP contribution in [0.25, 0.3) is 11.3 Å². The Kier molecular flexibility index (Phi) is 5.81. The predicted octanol–water partition coefficient (Wildman–Crippen LogP) is 2.10. The molecule has 7 nitrogen and oxygen atoms in total. The Hall–Kier alpha value is -2.74. The van der Waals surface area contributed by atoms with Crippen LogP contribution in [-0.2, 0) is 14.4 Å². The van der Waals surface area contributed by atoms with Gasteiger partial charge in [-0.05, 0) is 30.7 Å². The number of methoxy groups -OCH3 is 1. The lowest BCUT2D eigenvalue weighted by Gasteiger charge is -2.03. The maximum atomic E-state index is 12.9. The van der Waals surface area contributed by atoms with Crippen molar-refractivity contribution >= 4 is 11.9 Å². The maximum absolute atomic E-state index is 12.9. The first kappa shape index (κ1) is 16.6. The molecule has 0 saturated carbocycles. The lowest BCUT2D eigenvalue weighted by atomic mass is 10.1. The van der Waals surface area contributed by atoms with Gasteiger partial charge in [0, 0.05) is 18.1 Å². The Bertz CT molecular complexity index is 669. The molecule has 0 fully saturated rings. The summed E-state index contributed by atoms with van der Waals surface area (Å²) in [4.78, 5) is 27.6. The normalized spacial score (nSPS) is 10.3. The minimum Gasteiger partial charge on any atom is -0.469 e. The summed E-state index contributed by atoms with van der Waals surface area (Å²) in [6.07, 6.45) is 0.609. The highest BCUT2D eigenvalue weighted by Crippen LogP contribution is 2.20. The van der Waals surface area contributed by atoms with Crippen molar-refractivity contribution in [2.75, 3.05) is 13.7 Å². The Morgan fingerprint density at radius 2 is 2.04 bits per heavy atom. The summed E-state index contributed by atoms with van der Waals surface area (Å²) in [7, 11) is 1.30. The number of hydroxylamine groups is 1. The zero-order valence-corrected chi connectivity index (χ0v) is 12.4. The molecule has 1 aromatic carbocycles. The number of carbonyl (C=O) groups is 2. The van der Waals surface area contributed by atoms with Gasteiger partial charge in [0.1, 0.15) is 5.82 Å². The molecule has 122 valence electrons. The van der Waals surface area contributed by atoms with Crippen molar-refractivity contribution in [2.45, 2.75) is 12.8 Å². The molecule has 0 aliphatic carbocycles. The van der Waals surface area contributed by atoms with Gasteiger partial charge in [0.15, 0.2) is 11.5 Å². The predicted molar refractivity (Wildman–Crippen MR) is 76.6 cm³/mol. The van der Waals surface area contributed by atoms with Crippen LogP contribution >= 0.6 is 0 Å². The van der Waals surface area contributed by atoms with E-state index >= 15 is 0 Å². The molecule has 1 aromatic heterocycles. The molecule has 23 heavy (non-hydrogen) atoms. The molecule has 2 aromatic rings. The van der Waals surface area contributed by atoms with Gasteiger partial charge in [-0.15, -0.1) is 0 Å².